The molecule has 1 amide bonds. The number of rotatable bonds is 8. The molecule has 25 heavy (non-hydrogen) atoms. The number of nitrogens with one attached hydrogen (secondary N) is 1. The number of anilines is 1. The predicted octanol–water partition coefficient (Wildman–Crippen LogP) is 3.94. The van der Waals surface area contributed by atoms with Crippen molar-refractivity contribution in [2.75, 3.05) is 25.5 Å². The zero-order valence-electron chi connectivity index (χ0n) is 15.2. The van der Waals surface area contributed by atoms with Crippen LogP contribution in [0.2, 0.25) is 0 Å². The summed E-state index contributed by atoms with van der Waals surface area (Å²) in [6.45, 7) is 9.22. The molecule has 2 aromatic carbocycles. The van der Waals surface area contributed by atoms with E-state index in [9.17, 15) is 4.79 Å². The third kappa shape index (κ3) is 5.76. The number of carbonyl (C=O) groups excluding carboxylic acids is 1. The lowest BCUT2D eigenvalue weighted by molar-refractivity contribution is -0.117. The van der Waals surface area contributed by atoms with Crippen LogP contribution in [0.25, 0.3) is 0 Å². The van der Waals surface area contributed by atoms with Crippen molar-refractivity contribution in [3.63, 3.8) is 0 Å². The zero-order chi connectivity index (χ0) is 18.2. The summed E-state index contributed by atoms with van der Waals surface area (Å²) in [5.74, 6) is 0.807. The minimum Gasteiger partial charge on any atom is -0.490 e. The van der Waals surface area contributed by atoms with E-state index in [1.165, 1.54) is 5.56 Å². The van der Waals surface area contributed by atoms with Crippen LogP contribution in [0, 0.1) is 13.8 Å². The lowest BCUT2D eigenvalue weighted by Gasteiger charge is -2.17. The van der Waals surface area contributed by atoms with E-state index in [-0.39, 0.29) is 5.91 Å². The molecule has 0 fully saturated rings. The van der Waals surface area contributed by atoms with Gasteiger partial charge in [0, 0.05) is 12.2 Å². The zero-order valence-corrected chi connectivity index (χ0v) is 15.2. The number of aryl methyl sites for hydroxylation is 1. The Morgan fingerprint density at radius 2 is 1.92 bits per heavy atom. The molecule has 0 aliphatic carbocycles. The van der Waals surface area contributed by atoms with Gasteiger partial charge in [-0.05, 0) is 55.8 Å². The van der Waals surface area contributed by atoms with Crippen LogP contribution in [0.15, 0.2) is 55.1 Å². The molecule has 0 radical (unpaired) electrons. The lowest BCUT2D eigenvalue weighted by atomic mass is 10.1. The van der Waals surface area contributed by atoms with Crippen LogP contribution in [-0.4, -0.2) is 31.0 Å². The van der Waals surface area contributed by atoms with Crippen molar-refractivity contribution < 1.29 is 9.53 Å². The van der Waals surface area contributed by atoms with Gasteiger partial charge in [0.25, 0.3) is 0 Å². The first kappa shape index (κ1) is 18.7. The summed E-state index contributed by atoms with van der Waals surface area (Å²) >= 11 is 0. The minimum atomic E-state index is -0.0119. The van der Waals surface area contributed by atoms with Crippen LogP contribution >= 0.6 is 0 Å². The van der Waals surface area contributed by atoms with E-state index in [1.54, 1.807) is 6.08 Å². The van der Waals surface area contributed by atoms with Gasteiger partial charge in [0.1, 0.15) is 12.4 Å². The SMILES string of the molecule is C=CCOc1ccc(CN(C)CC(=O)Nc2cccc(C)c2C)cc1. The molecule has 0 aliphatic heterocycles. The molecule has 0 bridgehead atoms. The lowest BCUT2D eigenvalue weighted by Crippen LogP contribution is -2.30. The highest BCUT2D eigenvalue weighted by molar-refractivity contribution is 5.93. The van der Waals surface area contributed by atoms with Crippen molar-refractivity contribution in [1.29, 1.82) is 0 Å². The number of hydrogen-bond acceptors (Lipinski definition) is 3. The summed E-state index contributed by atoms with van der Waals surface area (Å²) in [4.78, 5) is 14.3. The summed E-state index contributed by atoms with van der Waals surface area (Å²) in [6.07, 6.45) is 1.72. The fraction of sp³-hybridized carbons (Fsp3) is 0.286. The molecule has 0 atom stereocenters. The van der Waals surface area contributed by atoms with E-state index in [0.29, 0.717) is 19.7 Å². The average molecular weight is 338 g/mol. The van der Waals surface area contributed by atoms with E-state index in [0.717, 1.165) is 22.6 Å². The Morgan fingerprint density at radius 3 is 2.60 bits per heavy atom. The van der Waals surface area contributed by atoms with Gasteiger partial charge in [0.15, 0.2) is 0 Å². The second kappa shape index (κ2) is 9.04. The Labute approximate surface area is 150 Å². The van der Waals surface area contributed by atoms with E-state index >= 15 is 0 Å². The van der Waals surface area contributed by atoms with Gasteiger partial charge in [0.2, 0.25) is 5.91 Å². The van der Waals surface area contributed by atoms with Crippen molar-refractivity contribution >= 4 is 11.6 Å². The predicted molar refractivity (Wildman–Crippen MR) is 103 cm³/mol. The number of benzene rings is 2. The van der Waals surface area contributed by atoms with E-state index in [1.807, 2.05) is 68.3 Å². The summed E-state index contributed by atoms with van der Waals surface area (Å²) in [5.41, 5.74) is 4.29. The van der Waals surface area contributed by atoms with Gasteiger partial charge in [-0.15, -0.1) is 0 Å². The van der Waals surface area contributed by atoms with Crippen LogP contribution in [0.4, 0.5) is 5.69 Å². The van der Waals surface area contributed by atoms with E-state index < -0.39 is 0 Å². The highest BCUT2D eigenvalue weighted by Crippen LogP contribution is 2.18. The third-order valence-corrected chi connectivity index (χ3v) is 4.04. The Kier molecular flexibility index (Phi) is 6.78. The van der Waals surface area contributed by atoms with Gasteiger partial charge in [-0.3, -0.25) is 9.69 Å². The minimum absolute atomic E-state index is 0.0119. The maximum absolute atomic E-state index is 12.3. The fourth-order valence-corrected chi connectivity index (χ4v) is 2.54. The number of likely N-dealkylation sites (N-methyl/N-ethyl adjacent to an activating group) is 1. The number of hydrogen-bond donors (Lipinski definition) is 1. The van der Waals surface area contributed by atoms with Crippen molar-refractivity contribution in [1.82, 2.24) is 4.90 Å². The molecule has 0 saturated carbocycles. The first-order valence-electron chi connectivity index (χ1n) is 8.37. The normalized spacial score (nSPS) is 10.6. The highest BCUT2D eigenvalue weighted by Gasteiger charge is 2.09. The van der Waals surface area contributed by atoms with Crippen LogP contribution in [-0.2, 0) is 11.3 Å². The standard InChI is InChI=1S/C21H26N2O2/c1-5-13-25-19-11-9-18(10-12-19)14-23(4)15-21(24)22-20-8-6-7-16(2)17(20)3/h5-12H,1,13-15H2,2-4H3,(H,22,24). The van der Waals surface area contributed by atoms with Gasteiger partial charge in [-0.25, -0.2) is 0 Å². The summed E-state index contributed by atoms with van der Waals surface area (Å²) in [5, 5.41) is 2.99. The van der Waals surface area contributed by atoms with Crippen LogP contribution in [0.1, 0.15) is 16.7 Å². The maximum atomic E-state index is 12.3. The van der Waals surface area contributed by atoms with Gasteiger partial charge < -0.3 is 10.1 Å². The fourth-order valence-electron chi connectivity index (χ4n) is 2.54. The van der Waals surface area contributed by atoms with Crippen LogP contribution in [0.5, 0.6) is 5.75 Å². The second-order valence-electron chi connectivity index (χ2n) is 6.21. The first-order valence-corrected chi connectivity index (χ1v) is 8.37. The molecule has 0 heterocycles. The summed E-state index contributed by atoms with van der Waals surface area (Å²) in [6, 6.07) is 13.8. The van der Waals surface area contributed by atoms with Gasteiger partial charge in [-0.2, -0.15) is 0 Å². The molecule has 1 N–H and O–H groups in total. The van der Waals surface area contributed by atoms with Crippen molar-refractivity contribution in [2.45, 2.75) is 20.4 Å². The van der Waals surface area contributed by atoms with Crippen LogP contribution in [0.3, 0.4) is 0 Å². The van der Waals surface area contributed by atoms with Crippen molar-refractivity contribution in [3.8, 4) is 5.75 Å². The Bertz CT molecular complexity index is 723. The summed E-state index contributed by atoms with van der Waals surface area (Å²) in [7, 11) is 1.94. The highest BCUT2D eigenvalue weighted by atomic mass is 16.5. The molecule has 0 aliphatic rings. The van der Waals surface area contributed by atoms with Gasteiger partial charge >= 0.3 is 0 Å². The number of nitrogens with zero attached hydrogens (tertiary/aromatic N) is 1. The summed E-state index contributed by atoms with van der Waals surface area (Å²) < 4.78 is 5.47. The molecule has 2 rings (SSSR count). The molecule has 2 aromatic rings. The van der Waals surface area contributed by atoms with E-state index in [2.05, 4.69) is 11.9 Å². The molecular formula is C21H26N2O2. The largest absolute Gasteiger partial charge is 0.490 e. The monoisotopic (exact) mass is 338 g/mol. The Morgan fingerprint density at radius 1 is 1.20 bits per heavy atom. The molecule has 4 heteroatoms. The molecule has 0 unspecified atom stereocenters. The number of amides is 1. The van der Waals surface area contributed by atoms with Crippen molar-refractivity contribution in [3.05, 3.63) is 71.8 Å². The molecule has 0 saturated heterocycles. The second-order valence-corrected chi connectivity index (χ2v) is 6.21. The van der Waals surface area contributed by atoms with Gasteiger partial charge in [-0.1, -0.05) is 36.9 Å². The third-order valence-electron chi connectivity index (χ3n) is 4.04. The topological polar surface area (TPSA) is 41.6 Å². The van der Waals surface area contributed by atoms with Crippen molar-refractivity contribution in [2.24, 2.45) is 0 Å². The smallest absolute Gasteiger partial charge is 0.238 e. The number of ether oxygens (including phenoxy) is 1. The molecule has 0 aromatic heterocycles. The van der Waals surface area contributed by atoms with E-state index in [4.69, 9.17) is 4.74 Å². The number of carbonyl (C=O) groups is 1. The molecule has 132 valence electrons. The van der Waals surface area contributed by atoms with Gasteiger partial charge in [0.05, 0.1) is 6.54 Å². The quantitative estimate of drug-likeness (QED) is 0.741. The van der Waals surface area contributed by atoms with Crippen LogP contribution < -0.4 is 10.1 Å². The first-order chi connectivity index (χ1) is 12.0. The average Bonchev–Trinajstić information content (AvgIpc) is 2.58. The Balaban J connectivity index is 1.86. The Hall–Kier alpha value is -2.59. The molecule has 4 nitrogen and oxygen atoms in total. The molecular weight excluding hydrogens is 312 g/mol. The molecule has 0 spiro atoms. The maximum Gasteiger partial charge on any atom is 0.238 e.